The van der Waals surface area contributed by atoms with Gasteiger partial charge in [-0.25, -0.2) is 14.5 Å². The number of aromatic nitrogens is 6. The lowest BCUT2D eigenvalue weighted by molar-refractivity contribution is 0.925. The highest BCUT2D eigenvalue weighted by atomic mass is 15.3. The monoisotopic (exact) mass is 354 g/mol. The molecule has 0 bridgehead atoms. The molecule has 0 spiro atoms. The Morgan fingerprint density at radius 2 is 1.67 bits per heavy atom. The molecule has 0 aliphatic rings. The van der Waals surface area contributed by atoms with Crippen molar-refractivity contribution in [2.45, 2.75) is 20.8 Å². The molecule has 0 N–H and O–H groups in total. The first-order valence-corrected chi connectivity index (χ1v) is 8.84. The van der Waals surface area contributed by atoms with Gasteiger partial charge in [0.2, 0.25) is 0 Å². The van der Waals surface area contributed by atoms with Crippen LogP contribution < -0.4 is 0 Å². The molecule has 0 fully saturated rings. The van der Waals surface area contributed by atoms with E-state index < -0.39 is 0 Å². The van der Waals surface area contributed by atoms with Gasteiger partial charge < -0.3 is 0 Å². The van der Waals surface area contributed by atoms with Gasteiger partial charge in [-0.3, -0.25) is 9.55 Å². The maximum atomic E-state index is 4.81. The van der Waals surface area contributed by atoms with Gasteiger partial charge in [-0.05, 0) is 50.1 Å². The van der Waals surface area contributed by atoms with Crippen LogP contribution in [0.2, 0.25) is 0 Å². The van der Waals surface area contributed by atoms with Gasteiger partial charge in [0, 0.05) is 23.7 Å². The fraction of sp³-hybridized carbons (Fsp3) is 0.143. The van der Waals surface area contributed by atoms with Crippen LogP contribution in [0.1, 0.15) is 16.8 Å². The number of nitrogens with zero attached hydrogens (tertiary/aromatic N) is 6. The summed E-state index contributed by atoms with van der Waals surface area (Å²) < 4.78 is 3.97. The Morgan fingerprint density at radius 1 is 0.889 bits per heavy atom. The van der Waals surface area contributed by atoms with E-state index in [1.807, 2.05) is 12.1 Å². The molecule has 4 heterocycles. The van der Waals surface area contributed by atoms with Crippen molar-refractivity contribution in [2.24, 2.45) is 0 Å². The van der Waals surface area contributed by atoms with E-state index >= 15 is 0 Å². The van der Waals surface area contributed by atoms with Gasteiger partial charge in [-0.15, -0.1) is 5.10 Å². The minimum Gasteiger partial charge on any atom is -0.298 e. The van der Waals surface area contributed by atoms with E-state index in [0.717, 1.165) is 33.6 Å². The van der Waals surface area contributed by atoms with Crippen molar-refractivity contribution in [3.05, 3.63) is 71.9 Å². The molecule has 0 saturated heterocycles. The maximum absolute atomic E-state index is 4.81. The van der Waals surface area contributed by atoms with Crippen molar-refractivity contribution in [3.8, 4) is 17.1 Å². The van der Waals surface area contributed by atoms with E-state index in [-0.39, 0.29) is 0 Å². The Balaban J connectivity index is 1.84. The highest BCUT2D eigenvalue weighted by Gasteiger charge is 2.19. The van der Waals surface area contributed by atoms with E-state index in [1.54, 1.807) is 23.2 Å². The summed E-state index contributed by atoms with van der Waals surface area (Å²) in [5.74, 6) is 0.674. The largest absolute Gasteiger partial charge is 0.298 e. The van der Waals surface area contributed by atoms with Crippen LogP contribution in [-0.2, 0) is 0 Å². The highest BCUT2D eigenvalue weighted by molar-refractivity contribution is 5.95. The minimum absolute atomic E-state index is 0.674. The van der Waals surface area contributed by atoms with Crippen molar-refractivity contribution in [1.82, 2.24) is 29.1 Å². The number of hydrogen-bond donors (Lipinski definition) is 0. The second-order valence-corrected chi connectivity index (χ2v) is 6.71. The van der Waals surface area contributed by atoms with Crippen LogP contribution in [0, 0.1) is 20.8 Å². The third-order valence-electron chi connectivity index (χ3n) is 5.13. The fourth-order valence-corrected chi connectivity index (χ4v) is 3.59. The third-order valence-corrected chi connectivity index (χ3v) is 5.13. The molecule has 1 aromatic carbocycles. The first kappa shape index (κ1) is 15.7. The molecule has 0 unspecified atom stereocenters. The zero-order valence-corrected chi connectivity index (χ0v) is 15.4. The normalized spacial score (nSPS) is 11.5. The quantitative estimate of drug-likeness (QED) is 0.480. The predicted octanol–water partition coefficient (Wildman–Crippen LogP) is 4.06. The van der Waals surface area contributed by atoms with Crippen LogP contribution in [0.25, 0.3) is 33.8 Å². The van der Waals surface area contributed by atoms with Crippen molar-refractivity contribution >= 4 is 16.7 Å². The fourth-order valence-electron chi connectivity index (χ4n) is 3.59. The second-order valence-electron chi connectivity index (χ2n) is 6.71. The predicted molar refractivity (Wildman–Crippen MR) is 105 cm³/mol. The number of para-hydroxylation sites is 1. The summed E-state index contributed by atoms with van der Waals surface area (Å²) in [4.78, 5) is 13.6. The van der Waals surface area contributed by atoms with Gasteiger partial charge in [0.15, 0.2) is 17.1 Å². The third kappa shape index (κ3) is 2.26. The molecule has 0 atom stereocenters. The summed E-state index contributed by atoms with van der Waals surface area (Å²) in [6.07, 6.45) is 5.24. The lowest BCUT2D eigenvalue weighted by Crippen LogP contribution is -2.01. The molecule has 0 aliphatic heterocycles. The molecule has 6 nitrogen and oxygen atoms in total. The number of fused-ring (bicyclic) bond motifs is 3. The van der Waals surface area contributed by atoms with Crippen LogP contribution in [0.15, 0.2) is 55.1 Å². The molecule has 132 valence electrons. The van der Waals surface area contributed by atoms with Crippen LogP contribution in [0.4, 0.5) is 0 Å². The van der Waals surface area contributed by atoms with Gasteiger partial charge in [-0.1, -0.05) is 18.2 Å². The molecule has 5 rings (SSSR count). The topological polar surface area (TPSA) is 60.9 Å². The maximum Gasteiger partial charge on any atom is 0.182 e. The molecular formula is C21H18N6. The Morgan fingerprint density at radius 3 is 2.44 bits per heavy atom. The van der Waals surface area contributed by atoms with Crippen LogP contribution in [0.5, 0.6) is 0 Å². The van der Waals surface area contributed by atoms with E-state index in [4.69, 9.17) is 9.97 Å². The Hall–Kier alpha value is -3.54. The number of benzene rings is 1. The average Bonchev–Trinajstić information content (AvgIpc) is 3.23. The summed E-state index contributed by atoms with van der Waals surface area (Å²) in [7, 11) is 0. The molecule has 5 aromatic rings. The Labute approximate surface area is 156 Å². The standard InChI is InChI=1S/C21H18N6/c1-13-6-4-5-7-17(13)27-15(3)14(2)18-20(27)23-12-26-21(18)24-19(25-26)16-8-10-22-11-9-16/h4-12H,1-3H3. The second kappa shape index (κ2) is 5.74. The smallest absolute Gasteiger partial charge is 0.182 e. The van der Waals surface area contributed by atoms with Crippen molar-refractivity contribution in [1.29, 1.82) is 0 Å². The van der Waals surface area contributed by atoms with Crippen LogP contribution in [0.3, 0.4) is 0 Å². The molecule has 0 radical (unpaired) electrons. The van der Waals surface area contributed by atoms with Gasteiger partial charge in [0.1, 0.15) is 6.33 Å². The number of aryl methyl sites for hydroxylation is 2. The van der Waals surface area contributed by atoms with E-state index in [0.29, 0.717) is 5.82 Å². The van der Waals surface area contributed by atoms with E-state index in [9.17, 15) is 0 Å². The number of pyridine rings is 1. The van der Waals surface area contributed by atoms with Gasteiger partial charge in [-0.2, -0.15) is 0 Å². The summed E-state index contributed by atoms with van der Waals surface area (Å²) in [6.45, 7) is 6.36. The first-order chi connectivity index (χ1) is 13.1. The summed E-state index contributed by atoms with van der Waals surface area (Å²) in [5, 5.41) is 5.64. The molecule has 0 amide bonds. The van der Waals surface area contributed by atoms with Gasteiger partial charge in [0.05, 0.1) is 11.1 Å². The summed E-state index contributed by atoms with van der Waals surface area (Å²) >= 11 is 0. The van der Waals surface area contributed by atoms with Crippen LogP contribution >= 0.6 is 0 Å². The van der Waals surface area contributed by atoms with Crippen molar-refractivity contribution in [3.63, 3.8) is 0 Å². The first-order valence-electron chi connectivity index (χ1n) is 8.84. The average molecular weight is 354 g/mol. The van der Waals surface area contributed by atoms with E-state index in [2.05, 4.69) is 59.7 Å². The highest BCUT2D eigenvalue weighted by Crippen LogP contribution is 2.31. The molecule has 0 saturated carbocycles. The van der Waals surface area contributed by atoms with Crippen molar-refractivity contribution in [2.75, 3.05) is 0 Å². The number of rotatable bonds is 2. The summed E-state index contributed by atoms with van der Waals surface area (Å²) in [5.41, 5.74) is 7.33. The molecule has 0 aliphatic carbocycles. The van der Waals surface area contributed by atoms with Gasteiger partial charge in [0.25, 0.3) is 0 Å². The molecule has 4 aromatic heterocycles. The van der Waals surface area contributed by atoms with Crippen LogP contribution in [-0.4, -0.2) is 29.1 Å². The lowest BCUT2D eigenvalue weighted by atomic mass is 10.2. The Bertz CT molecular complexity index is 1300. The zero-order valence-electron chi connectivity index (χ0n) is 15.4. The minimum atomic E-state index is 0.674. The lowest BCUT2D eigenvalue weighted by Gasteiger charge is -2.10. The molecule has 27 heavy (non-hydrogen) atoms. The van der Waals surface area contributed by atoms with E-state index in [1.165, 1.54) is 11.1 Å². The molecule has 6 heteroatoms. The van der Waals surface area contributed by atoms with Gasteiger partial charge >= 0.3 is 0 Å². The Kier molecular flexibility index (Phi) is 3.33. The van der Waals surface area contributed by atoms with Crippen molar-refractivity contribution < 1.29 is 0 Å². The zero-order chi connectivity index (χ0) is 18.5. The molecular weight excluding hydrogens is 336 g/mol. The SMILES string of the molecule is Cc1ccccc1-n1c(C)c(C)c2c1ncn1nc(-c3ccncc3)nc21. The number of hydrogen-bond acceptors (Lipinski definition) is 4. The summed E-state index contributed by atoms with van der Waals surface area (Å²) in [6, 6.07) is 12.2.